The summed E-state index contributed by atoms with van der Waals surface area (Å²) in [4.78, 5) is 11.2. The second-order valence-electron chi connectivity index (χ2n) is 3.09. The maximum absolute atomic E-state index is 11.2. The van der Waals surface area contributed by atoms with Gasteiger partial charge >= 0.3 is 14.1 Å². The van der Waals surface area contributed by atoms with Crippen LogP contribution in [0.4, 0.5) is 0 Å². The number of hydrogen-bond donors (Lipinski definition) is 0. The van der Waals surface area contributed by atoms with Crippen LogP contribution in [0.5, 0.6) is 0 Å². The van der Waals surface area contributed by atoms with Gasteiger partial charge in [-0.15, -0.1) is 13.6 Å². The predicted octanol–water partition coefficient (Wildman–Crippen LogP) is 1.06. The standard InChI is InChI=1S/C6H10O5P/c1-6(2)5(7)10-12(11-6)8-3-4-9-12/h3-4H2,1-2H3/q+1. The summed E-state index contributed by atoms with van der Waals surface area (Å²) in [6.07, 6.45) is 0. The summed E-state index contributed by atoms with van der Waals surface area (Å²) in [6.45, 7) is 4.12. The second-order valence-corrected chi connectivity index (χ2v) is 4.87. The van der Waals surface area contributed by atoms with Crippen molar-refractivity contribution in [2.45, 2.75) is 19.4 Å². The molecule has 0 N–H and O–H groups in total. The first-order valence-electron chi connectivity index (χ1n) is 3.67. The van der Waals surface area contributed by atoms with Crippen LogP contribution in [0.2, 0.25) is 0 Å². The van der Waals surface area contributed by atoms with Crippen molar-refractivity contribution in [2.24, 2.45) is 0 Å². The van der Waals surface area contributed by atoms with Crippen molar-refractivity contribution in [1.29, 1.82) is 0 Å². The lowest BCUT2D eigenvalue weighted by molar-refractivity contribution is -0.141. The van der Waals surface area contributed by atoms with Crippen molar-refractivity contribution in [3.05, 3.63) is 0 Å². The lowest BCUT2D eigenvalue weighted by Gasteiger charge is -2.06. The first kappa shape index (κ1) is 8.38. The lowest BCUT2D eigenvalue weighted by Crippen LogP contribution is -2.27. The Hall–Kier alpha value is -0.220. The van der Waals surface area contributed by atoms with Gasteiger partial charge in [0.05, 0.1) is 0 Å². The van der Waals surface area contributed by atoms with Crippen molar-refractivity contribution in [2.75, 3.05) is 13.2 Å². The zero-order valence-corrected chi connectivity index (χ0v) is 7.80. The number of rotatable bonds is 0. The minimum absolute atomic E-state index is 0.419. The first-order chi connectivity index (χ1) is 5.54. The summed E-state index contributed by atoms with van der Waals surface area (Å²) < 4.78 is 20.5. The molecule has 1 spiro atoms. The molecule has 0 atom stereocenters. The summed E-state index contributed by atoms with van der Waals surface area (Å²) in [5.74, 6) is -0.419. The van der Waals surface area contributed by atoms with Crippen LogP contribution in [0.1, 0.15) is 13.8 Å². The third-order valence-electron chi connectivity index (χ3n) is 1.61. The van der Waals surface area contributed by atoms with Crippen molar-refractivity contribution >= 4 is 14.1 Å². The molecule has 0 aromatic carbocycles. The zero-order chi connectivity index (χ0) is 8.82. The Morgan fingerprint density at radius 3 is 2.33 bits per heavy atom. The van der Waals surface area contributed by atoms with Gasteiger partial charge in [0.1, 0.15) is 13.2 Å². The zero-order valence-electron chi connectivity index (χ0n) is 6.90. The molecule has 0 radical (unpaired) electrons. The Morgan fingerprint density at radius 2 is 1.92 bits per heavy atom. The van der Waals surface area contributed by atoms with Crippen LogP contribution in [0.25, 0.3) is 0 Å². The van der Waals surface area contributed by atoms with E-state index in [1.165, 1.54) is 0 Å². The fraction of sp³-hybridized carbons (Fsp3) is 0.833. The van der Waals surface area contributed by atoms with Gasteiger partial charge in [0, 0.05) is 0 Å². The van der Waals surface area contributed by atoms with Gasteiger partial charge in [-0.25, -0.2) is 9.32 Å². The minimum atomic E-state index is -2.72. The highest BCUT2D eigenvalue weighted by atomic mass is 31.2. The molecule has 2 rings (SSSR count). The molecule has 68 valence electrons. The molecule has 0 aliphatic carbocycles. The Labute approximate surface area is 70.6 Å². The largest absolute Gasteiger partial charge is 0.626 e. The van der Waals surface area contributed by atoms with E-state index in [-0.39, 0.29) is 0 Å². The van der Waals surface area contributed by atoms with Crippen LogP contribution in [0.3, 0.4) is 0 Å². The van der Waals surface area contributed by atoms with Gasteiger partial charge in [-0.05, 0) is 13.8 Å². The van der Waals surface area contributed by atoms with Crippen molar-refractivity contribution in [1.82, 2.24) is 0 Å². The van der Waals surface area contributed by atoms with E-state index in [1.807, 2.05) is 0 Å². The van der Waals surface area contributed by atoms with E-state index in [4.69, 9.17) is 18.1 Å². The molecule has 12 heavy (non-hydrogen) atoms. The topological polar surface area (TPSA) is 54.0 Å². The Balaban J connectivity index is 2.19. The average Bonchev–Trinajstić information content (AvgIpc) is 2.42. The van der Waals surface area contributed by atoms with E-state index in [9.17, 15) is 4.79 Å². The van der Waals surface area contributed by atoms with E-state index >= 15 is 0 Å². The molecule has 2 saturated heterocycles. The van der Waals surface area contributed by atoms with E-state index in [2.05, 4.69) is 0 Å². The summed E-state index contributed by atoms with van der Waals surface area (Å²) in [5, 5.41) is 0. The summed E-state index contributed by atoms with van der Waals surface area (Å²) in [5.41, 5.74) is -0.932. The minimum Gasteiger partial charge on any atom is -0.243 e. The molecule has 2 fully saturated rings. The monoisotopic (exact) mass is 193 g/mol. The number of carbonyl (C=O) groups is 1. The molecule has 2 aliphatic rings. The van der Waals surface area contributed by atoms with Gasteiger partial charge in [-0.3, -0.25) is 0 Å². The molecule has 0 bridgehead atoms. The fourth-order valence-electron chi connectivity index (χ4n) is 0.988. The Morgan fingerprint density at radius 1 is 1.33 bits per heavy atom. The van der Waals surface area contributed by atoms with Crippen molar-refractivity contribution in [3.63, 3.8) is 0 Å². The van der Waals surface area contributed by atoms with Crippen LogP contribution in [0.15, 0.2) is 0 Å². The number of hydrogen-bond acceptors (Lipinski definition) is 5. The van der Waals surface area contributed by atoms with E-state index < -0.39 is 19.7 Å². The summed E-state index contributed by atoms with van der Waals surface area (Å²) >= 11 is 0. The maximum atomic E-state index is 11.2. The highest BCUT2D eigenvalue weighted by Crippen LogP contribution is 2.71. The predicted molar refractivity (Wildman–Crippen MR) is 40.1 cm³/mol. The van der Waals surface area contributed by atoms with Crippen LogP contribution in [-0.4, -0.2) is 24.8 Å². The van der Waals surface area contributed by atoms with Crippen molar-refractivity contribution < 1.29 is 22.9 Å². The molecule has 0 aromatic heterocycles. The third-order valence-corrected chi connectivity index (χ3v) is 3.68. The molecule has 0 unspecified atom stereocenters. The molecule has 0 saturated carbocycles. The lowest BCUT2D eigenvalue weighted by atomic mass is 10.1. The van der Waals surface area contributed by atoms with E-state index in [0.717, 1.165) is 0 Å². The van der Waals surface area contributed by atoms with Gasteiger partial charge < -0.3 is 0 Å². The number of carbonyl (C=O) groups excluding carboxylic acids is 1. The average molecular weight is 193 g/mol. The quantitative estimate of drug-likeness (QED) is 0.538. The van der Waals surface area contributed by atoms with Crippen LogP contribution in [0, 0.1) is 0 Å². The fourth-order valence-corrected chi connectivity index (χ4v) is 2.96. The van der Waals surface area contributed by atoms with Gasteiger partial charge in [0.15, 0.2) is 0 Å². The van der Waals surface area contributed by atoms with Crippen LogP contribution < -0.4 is 0 Å². The summed E-state index contributed by atoms with van der Waals surface area (Å²) in [7, 11) is -2.72. The first-order valence-corrected chi connectivity index (χ1v) is 5.13. The van der Waals surface area contributed by atoms with Gasteiger partial charge in [0.2, 0.25) is 5.60 Å². The van der Waals surface area contributed by atoms with Gasteiger partial charge in [-0.1, -0.05) is 0 Å². The molecular formula is C6H10O5P+. The van der Waals surface area contributed by atoms with E-state index in [1.54, 1.807) is 13.8 Å². The second kappa shape index (κ2) is 2.39. The molecule has 2 aliphatic heterocycles. The normalized spacial score (nSPS) is 31.0. The van der Waals surface area contributed by atoms with Gasteiger partial charge in [0.25, 0.3) is 0 Å². The Bertz CT molecular complexity index is 220. The highest BCUT2D eigenvalue weighted by molar-refractivity contribution is 7.57. The SMILES string of the molecule is CC1(C)O[P+]2(OCCO2)OC1=O. The maximum Gasteiger partial charge on any atom is 0.626 e. The molecule has 0 amide bonds. The highest BCUT2D eigenvalue weighted by Gasteiger charge is 2.69. The summed E-state index contributed by atoms with van der Waals surface area (Å²) in [6, 6.07) is 0. The third kappa shape index (κ3) is 1.13. The molecule has 5 nitrogen and oxygen atoms in total. The van der Waals surface area contributed by atoms with E-state index in [0.29, 0.717) is 13.2 Å². The molecule has 0 aromatic rings. The smallest absolute Gasteiger partial charge is 0.243 e. The Kier molecular flexibility index (Phi) is 1.67. The molecule has 2 heterocycles. The molecule has 6 heteroatoms. The van der Waals surface area contributed by atoms with Crippen LogP contribution >= 0.6 is 8.17 Å². The van der Waals surface area contributed by atoms with Crippen molar-refractivity contribution in [3.8, 4) is 0 Å². The molecular weight excluding hydrogens is 183 g/mol. The van der Waals surface area contributed by atoms with Gasteiger partial charge in [-0.2, -0.15) is 0 Å². The van der Waals surface area contributed by atoms with Crippen LogP contribution in [-0.2, 0) is 22.9 Å².